The highest BCUT2D eigenvalue weighted by Gasteiger charge is 2.63. The first-order chi connectivity index (χ1) is 16.8. The minimum absolute atomic E-state index is 0.00330. The Morgan fingerprint density at radius 3 is 2.33 bits per heavy atom. The van der Waals surface area contributed by atoms with Gasteiger partial charge in [0.05, 0.1) is 0 Å². The van der Waals surface area contributed by atoms with Gasteiger partial charge in [-0.1, -0.05) is 59.6 Å². The topological polar surface area (TPSA) is 56.5 Å². The highest BCUT2D eigenvalue weighted by molar-refractivity contribution is 5.66. The van der Waals surface area contributed by atoms with E-state index >= 15 is 0 Å². The lowest BCUT2D eigenvalue weighted by molar-refractivity contribution is -0.167. The minimum Gasteiger partial charge on any atom is -0.462 e. The van der Waals surface area contributed by atoms with Crippen molar-refractivity contribution >= 4 is 5.97 Å². The SMILES string of the molecule is CC(=O)O[C@@H]1CC[C@]2(C)C3=C(CC[C@@H]2C1(C)C)[C@]1(C)CC[C@H](c2ccc(C(C)C)oc2=O)[C@@]1(C)CC3. The summed E-state index contributed by atoms with van der Waals surface area (Å²) in [5.74, 6) is 1.60. The van der Waals surface area contributed by atoms with Crippen LogP contribution in [0.5, 0.6) is 0 Å². The maximum atomic E-state index is 13.1. The zero-order chi connectivity index (χ0) is 26.3. The second-order valence-electron chi connectivity index (χ2n) is 14.0. The summed E-state index contributed by atoms with van der Waals surface area (Å²) in [6.07, 6.45) is 8.75. The molecule has 0 bridgehead atoms. The van der Waals surface area contributed by atoms with Crippen molar-refractivity contribution in [3.8, 4) is 0 Å². The molecule has 0 amide bonds. The maximum absolute atomic E-state index is 13.1. The zero-order valence-electron chi connectivity index (χ0n) is 23.8. The molecular formula is C32H46O4. The number of fused-ring (bicyclic) bond motifs is 4. The van der Waals surface area contributed by atoms with Crippen LogP contribution in [0.15, 0.2) is 32.5 Å². The van der Waals surface area contributed by atoms with E-state index in [4.69, 9.17) is 9.15 Å². The molecule has 4 nitrogen and oxygen atoms in total. The minimum atomic E-state index is -0.156. The van der Waals surface area contributed by atoms with Crippen LogP contribution in [0.1, 0.15) is 130 Å². The van der Waals surface area contributed by atoms with Gasteiger partial charge in [0, 0.05) is 23.8 Å². The molecule has 1 aromatic heterocycles. The van der Waals surface area contributed by atoms with E-state index < -0.39 is 0 Å². The van der Waals surface area contributed by atoms with Gasteiger partial charge in [-0.15, -0.1) is 0 Å². The van der Waals surface area contributed by atoms with Crippen molar-refractivity contribution in [3.05, 3.63) is 45.0 Å². The lowest BCUT2D eigenvalue weighted by Gasteiger charge is -2.62. The van der Waals surface area contributed by atoms with Crippen molar-refractivity contribution < 1.29 is 13.9 Å². The fraction of sp³-hybridized carbons (Fsp3) is 0.750. The smallest absolute Gasteiger partial charge is 0.339 e. The summed E-state index contributed by atoms with van der Waals surface area (Å²) in [4.78, 5) is 25.0. The molecule has 36 heavy (non-hydrogen) atoms. The zero-order valence-corrected chi connectivity index (χ0v) is 23.8. The molecule has 0 spiro atoms. The molecule has 0 radical (unpaired) electrons. The average Bonchev–Trinajstić information content (AvgIpc) is 3.07. The van der Waals surface area contributed by atoms with Crippen LogP contribution in [0.25, 0.3) is 0 Å². The molecule has 0 aromatic carbocycles. The van der Waals surface area contributed by atoms with Crippen molar-refractivity contribution in [2.45, 2.75) is 125 Å². The molecule has 2 fully saturated rings. The van der Waals surface area contributed by atoms with Crippen LogP contribution in [0.2, 0.25) is 0 Å². The van der Waals surface area contributed by atoms with Crippen LogP contribution in [0, 0.1) is 27.6 Å². The predicted molar refractivity (Wildman–Crippen MR) is 143 cm³/mol. The third-order valence-corrected chi connectivity index (χ3v) is 11.8. The predicted octanol–water partition coefficient (Wildman–Crippen LogP) is 7.91. The number of carbonyl (C=O) groups excluding carboxylic acids is 1. The second kappa shape index (κ2) is 8.33. The van der Waals surface area contributed by atoms with Crippen molar-refractivity contribution in [1.29, 1.82) is 0 Å². The normalized spacial score (nSPS) is 39.4. The molecule has 198 valence electrons. The summed E-state index contributed by atoms with van der Waals surface area (Å²) >= 11 is 0. The summed E-state index contributed by atoms with van der Waals surface area (Å²) in [5, 5.41) is 0. The Morgan fingerprint density at radius 1 is 0.972 bits per heavy atom. The van der Waals surface area contributed by atoms with E-state index in [0.717, 1.165) is 62.7 Å². The second-order valence-corrected chi connectivity index (χ2v) is 14.0. The molecule has 0 unspecified atom stereocenters. The number of ether oxygens (including phenoxy) is 1. The van der Waals surface area contributed by atoms with Gasteiger partial charge >= 0.3 is 11.6 Å². The van der Waals surface area contributed by atoms with E-state index in [0.29, 0.717) is 5.92 Å². The van der Waals surface area contributed by atoms with Crippen molar-refractivity contribution in [2.24, 2.45) is 27.6 Å². The molecule has 6 atom stereocenters. The standard InChI is InChI=1S/C32H46O4/c1-19(2)25-11-9-21(28(34)36-25)22-13-17-32(8)24-10-12-26-29(4,5)27(35-20(3)33)15-16-30(26,6)23(24)14-18-31(22,32)7/h9,11,19,22,26-27H,10,12-18H2,1-8H3/t22-,26-,27-,30-,31-,32+/m1/s1. The van der Waals surface area contributed by atoms with Crippen LogP contribution >= 0.6 is 0 Å². The lowest BCUT2D eigenvalue weighted by Crippen LogP contribution is -2.55. The van der Waals surface area contributed by atoms with E-state index in [1.807, 2.05) is 6.07 Å². The monoisotopic (exact) mass is 494 g/mol. The fourth-order valence-electron chi connectivity index (χ4n) is 9.57. The molecule has 0 aliphatic heterocycles. The molecule has 4 aliphatic carbocycles. The van der Waals surface area contributed by atoms with Gasteiger partial charge in [-0.3, -0.25) is 4.79 Å². The van der Waals surface area contributed by atoms with Crippen molar-refractivity contribution in [3.63, 3.8) is 0 Å². The van der Waals surface area contributed by atoms with Crippen LogP contribution in [0.3, 0.4) is 0 Å². The van der Waals surface area contributed by atoms with Gasteiger partial charge in [0.1, 0.15) is 11.9 Å². The summed E-state index contributed by atoms with van der Waals surface area (Å²) in [5.41, 5.74) is 4.46. The Morgan fingerprint density at radius 2 is 1.69 bits per heavy atom. The van der Waals surface area contributed by atoms with Gasteiger partial charge < -0.3 is 9.15 Å². The van der Waals surface area contributed by atoms with E-state index in [1.165, 1.54) is 0 Å². The van der Waals surface area contributed by atoms with Crippen LogP contribution in [0.4, 0.5) is 0 Å². The van der Waals surface area contributed by atoms with Crippen molar-refractivity contribution in [2.75, 3.05) is 0 Å². The Balaban J connectivity index is 1.52. The van der Waals surface area contributed by atoms with Gasteiger partial charge in [0.2, 0.25) is 0 Å². The lowest BCUT2D eigenvalue weighted by atomic mass is 9.43. The third-order valence-electron chi connectivity index (χ3n) is 11.8. The van der Waals surface area contributed by atoms with E-state index in [2.05, 4.69) is 54.5 Å². The first-order valence-electron chi connectivity index (χ1n) is 14.3. The van der Waals surface area contributed by atoms with Gasteiger partial charge in [-0.25, -0.2) is 4.79 Å². The molecule has 2 saturated carbocycles. The number of rotatable bonds is 3. The Bertz CT molecular complexity index is 1150. The summed E-state index contributed by atoms with van der Waals surface area (Å²) in [6, 6.07) is 4.10. The molecule has 4 aliphatic rings. The van der Waals surface area contributed by atoms with Gasteiger partial charge in [0.25, 0.3) is 0 Å². The van der Waals surface area contributed by atoms with E-state index in [1.54, 1.807) is 18.1 Å². The first-order valence-corrected chi connectivity index (χ1v) is 14.3. The summed E-state index contributed by atoms with van der Waals surface area (Å²) in [6.45, 7) is 17.8. The highest BCUT2D eigenvalue weighted by atomic mass is 16.5. The number of hydrogen-bond donors (Lipinski definition) is 0. The number of carbonyl (C=O) groups is 1. The number of hydrogen-bond acceptors (Lipinski definition) is 4. The molecule has 1 heterocycles. The molecule has 0 saturated heterocycles. The molecule has 1 aromatic rings. The Kier molecular flexibility index (Phi) is 5.97. The number of esters is 1. The summed E-state index contributed by atoms with van der Waals surface area (Å²) in [7, 11) is 0. The van der Waals surface area contributed by atoms with Gasteiger partial charge in [0.15, 0.2) is 0 Å². The quantitative estimate of drug-likeness (QED) is 0.316. The van der Waals surface area contributed by atoms with Gasteiger partial charge in [-0.05, 0) is 91.6 Å². The number of allylic oxidation sites excluding steroid dienone is 2. The van der Waals surface area contributed by atoms with E-state index in [-0.39, 0.29) is 51.2 Å². The maximum Gasteiger partial charge on any atom is 0.339 e. The van der Waals surface area contributed by atoms with Crippen LogP contribution in [-0.4, -0.2) is 12.1 Å². The summed E-state index contributed by atoms with van der Waals surface area (Å²) < 4.78 is 11.6. The van der Waals surface area contributed by atoms with Gasteiger partial charge in [-0.2, -0.15) is 0 Å². The average molecular weight is 495 g/mol. The third kappa shape index (κ3) is 3.45. The first kappa shape index (κ1) is 25.8. The van der Waals surface area contributed by atoms with E-state index in [9.17, 15) is 9.59 Å². The van der Waals surface area contributed by atoms with Crippen LogP contribution < -0.4 is 5.63 Å². The van der Waals surface area contributed by atoms with Crippen molar-refractivity contribution in [1.82, 2.24) is 0 Å². The molecule has 5 rings (SSSR count). The molecular weight excluding hydrogens is 448 g/mol. The highest BCUT2D eigenvalue weighted by Crippen LogP contribution is 2.73. The molecule has 4 heteroatoms. The Hall–Kier alpha value is -1.84. The largest absolute Gasteiger partial charge is 0.462 e. The van der Waals surface area contributed by atoms with Crippen LogP contribution in [-0.2, 0) is 9.53 Å². The fourth-order valence-corrected chi connectivity index (χ4v) is 9.57. The molecule has 0 N–H and O–H groups in total. The Labute approximate surface area is 217 Å².